The zero-order valence-electron chi connectivity index (χ0n) is 69.7. The Labute approximate surface area is 651 Å². The Hall–Kier alpha value is -1.94. The van der Waals surface area contributed by atoms with Crippen LogP contribution in [0.2, 0.25) is 0 Å². The van der Waals surface area contributed by atoms with E-state index in [1.165, 1.54) is 276 Å². The minimum atomic E-state index is -4.97. The fraction of sp³-hybridized carbons (Fsp3) is 0.954. The van der Waals surface area contributed by atoms with Crippen molar-refractivity contribution < 1.29 is 80.2 Å². The van der Waals surface area contributed by atoms with E-state index in [2.05, 4.69) is 41.5 Å². The molecule has 0 heterocycles. The Morgan fingerprint density at radius 1 is 0.255 bits per heavy atom. The molecule has 19 heteroatoms. The van der Waals surface area contributed by atoms with Crippen molar-refractivity contribution in [2.24, 2.45) is 11.8 Å². The average molecular weight is 1550 g/mol. The van der Waals surface area contributed by atoms with Gasteiger partial charge >= 0.3 is 39.5 Å². The molecule has 0 rings (SSSR count). The second kappa shape index (κ2) is 78.3. The first-order chi connectivity index (χ1) is 51.4. The lowest BCUT2D eigenvalue weighted by Crippen LogP contribution is -2.30. The lowest BCUT2D eigenvalue weighted by molar-refractivity contribution is -0.161. The molecule has 0 aliphatic rings. The van der Waals surface area contributed by atoms with E-state index in [1.807, 2.05) is 0 Å². The minimum Gasteiger partial charge on any atom is -0.462 e. The van der Waals surface area contributed by atoms with Crippen molar-refractivity contribution in [1.29, 1.82) is 0 Å². The molecule has 3 N–H and O–H groups in total. The first-order valence-electron chi connectivity index (χ1n) is 45.0. The SMILES string of the molecule is CCCCCCCCCCCCCCCCCCCCCC(=O)OC[C@H](COP(=O)(O)OC[C@@H](O)COP(=O)(O)OC[C@@H](COC(=O)CCCCCCCCCC(C)C)OC(=O)CCCCCCCCCCCCCCCCCC(C)C)OC(=O)CCCCCCCCCCCCCCCCCCCCC. The minimum absolute atomic E-state index is 0.107. The lowest BCUT2D eigenvalue weighted by Gasteiger charge is -2.21. The maximum atomic E-state index is 13.2. The molecular formula is C87H170O17P2. The van der Waals surface area contributed by atoms with E-state index in [9.17, 15) is 43.2 Å². The van der Waals surface area contributed by atoms with Crippen molar-refractivity contribution in [3.8, 4) is 0 Å². The number of carbonyl (C=O) groups excluding carboxylic acids is 4. The summed E-state index contributed by atoms with van der Waals surface area (Å²) >= 11 is 0. The summed E-state index contributed by atoms with van der Waals surface area (Å²) in [6.45, 7) is 9.65. The molecule has 0 aliphatic heterocycles. The van der Waals surface area contributed by atoms with Crippen molar-refractivity contribution in [2.45, 2.75) is 484 Å². The molecule has 0 fully saturated rings. The van der Waals surface area contributed by atoms with E-state index in [1.54, 1.807) is 0 Å². The van der Waals surface area contributed by atoms with Crippen LogP contribution in [0.4, 0.5) is 0 Å². The van der Waals surface area contributed by atoms with E-state index in [4.69, 9.17) is 37.0 Å². The smallest absolute Gasteiger partial charge is 0.462 e. The normalized spacial score (nSPS) is 13.8. The molecule has 5 atom stereocenters. The summed E-state index contributed by atoms with van der Waals surface area (Å²) in [5.41, 5.74) is 0. The van der Waals surface area contributed by atoms with Crippen molar-refractivity contribution in [2.75, 3.05) is 39.6 Å². The number of ether oxygens (including phenoxy) is 4. The van der Waals surface area contributed by atoms with Crippen molar-refractivity contribution in [3.05, 3.63) is 0 Å². The molecule has 0 saturated carbocycles. The molecule has 106 heavy (non-hydrogen) atoms. The number of rotatable bonds is 86. The highest BCUT2D eigenvalue weighted by molar-refractivity contribution is 7.47. The third kappa shape index (κ3) is 80.1. The number of esters is 4. The first-order valence-corrected chi connectivity index (χ1v) is 48.0. The Morgan fingerprint density at radius 3 is 0.642 bits per heavy atom. The summed E-state index contributed by atoms with van der Waals surface area (Å²) < 4.78 is 68.9. The van der Waals surface area contributed by atoms with E-state index in [-0.39, 0.29) is 25.7 Å². The molecule has 17 nitrogen and oxygen atoms in total. The Balaban J connectivity index is 5.23. The topological polar surface area (TPSA) is 237 Å². The molecule has 0 amide bonds. The van der Waals surface area contributed by atoms with Gasteiger partial charge in [-0.2, -0.15) is 0 Å². The van der Waals surface area contributed by atoms with Gasteiger partial charge in [0, 0.05) is 25.7 Å². The van der Waals surface area contributed by atoms with Gasteiger partial charge in [0.05, 0.1) is 26.4 Å². The standard InChI is InChI=1S/C87H170O17P2/c1-7-9-11-13-15-17-19-21-23-25-27-29-33-37-41-45-51-57-63-69-84(89)97-75-82(103-86(91)71-65-59-52-46-42-38-34-30-28-26-24-22-20-18-16-14-12-10-8-2)77-101-105(93,94)99-73-81(88)74-100-106(95,96)102-78-83(76-98-85(90)70-64-58-54-48-50-56-62-68-80(5)6)104-87(92)72-66-60-53-47-43-39-35-31-32-36-40-44-49-55-61-67-79(3)4/h79-83,88H,7-78H2,1-6H3,(H,93,94)(H,95,96)/t81-,82-,83-/m1/s1. The number of carbonyl (C=O) groups is 4. The fourth-order valence-electron chi connectivity index (χ4n) is 13.6. The lowest BCUT2D eigenvalue weighted by atomic mass is 10.0. The van der Waals surface area contributed by atoms with E-state index >= 15 is 0 Å². The van der Waals surface area contributed by atoms with Gasteiger partial charge in [-0.3, -0.25) is 37.3 Å². The molecule has 0 aromatic rings. The van der Waals surface area contributed by atoms with Gasteiger partial charge in [0.15, 0.2) is 12.2 Å². The molecule has 0 aromatic carbocycles. The van der Waals surface area contributed by atoms with Crippen molar-refractivity contribution >= 4 is 39.5 Å². The third-order valence-electron chi connectivity index (χ3n) is 20.5. The van der Waals surface area contributed by atoms with Crippen LogP contribution in [0.5, 0.6) is 0 Å². The molecular weight excluding hydrogens is 1380 g/mol. The highest BCUT2D eigenvalue weighted by Crippen LogP contribution is 2.45. The molecule has 630 valence electrons. The number of phosphoric ester groups is 2. The van der Waals surface area contributed by atoms with Gasteiger partial charge < -0.3 is 33.8 Å². The average Bonchev–Trinajstić information content (AvgIpc) is 0.902. The van der Waals surface area contributed by atoms with Gasteiger partial charge in [-0.1, -0.05) is 414 Å². The quantitative estimate of drug-likeness (QED) is 0.0222. The Morgan fingerprint density at radius 2 is 0.434 bits per heavy atom. The van der Waals surface area contributed by atoms with Crippen LogP contribution >= 0.6 is 15.6 Å². The first kappa shape index (κ1) is 104. The predicted molar refractivity (Wildman–Crippen MR) is 437 cm³/mol. The number of hydrogen-bond donors (Lipinski definition) is 3. The molecule has 0 radical (unpaired) electrons. The van der Waals surface area contributed by atoms with Crippen molar-refractivity contribution in [3.63, 3.8) is 0 Å². The number of hydrogen-bond acceptors (Lipinski definition) is 15. The summed E-state index contributed by atoms with van der Waals surface area (Å²) in [7, 11) is -9.93. The zero-order chi connectivity index (χ0) is 77.8. The fourth-order valence-corrected chi connectivity index (χ4v) is 15.2. The maximum Gasteiger partial charge on any atom is 0.472 e. The van der Waals surface area contributed by atoms with Gasteiger partial charge in [-0.05, 0) is 37.5 Å². The van der Waals surface area contributed by atoms with Gasteiger partial charge in [0.25, 0.3) is 0 Å². The number of phosphoric acid groups is 2. The zero-order valence-corrected chi connectivity index (χ0v) is 71.5. The van der Waals surface area contributed by atoms with Crippen molar-refractivity contribution in [1.82, 2.24) is 0 Å². The summed E-state index contributed by atoms with van der Waals surface area (Å²) in [6, 6.07) is 0. The number of unbranched alkanes of at least 4 members (excludes halogenated alkanes) is 56. The number of aliphatic hydroxyl groups excluding tert-OH is 1. The van der Waals surface area contributed by atoms with Crippen LogP contribution < -0.4 is 0 Å². The Bertz CT molecular complexity index is 2030. The summed E-state index contributed by atoms with van der Waals surface area (Å²) in [6.07, 6.45) is 71.0. The van der Waals surface area contributed by atoms with E-state index < -0.39 is 97.5 Å². The summed E-state index contributed by atoms with van der Waals surface area (Å²) in [5, 5.41) is 10.7. The van der Waals surface area contributed by atoms with E-state index in [0.717, 1.165) is 102 Å². The highest BCUT2D eigenvalue weighted by Gasteiger charge is 2.30. The van der Waals surface area contributed by atoms with E-state index in [0.29, 0.717) is 31.6 Å². The molecule has 0 bridgehead atoms. The molecule has 0 saturated heterocycles. The van der Waals surface area contributed by atoms with Crippen LogP contribution in [-0.4, -0.2) is 96.7 Å². The van der Waals surface area contributed by atoms with Crippen LogP contribution in [0.25, 0.3) is 0 Å². The Kier molecular flexibility index (Phi) is 76.9. The number of aliphatic hydroxyl groups is 1. The predicted octanol–water partition coefficient (Wildman–Crippen LogP) is 26.6. The monoisotopic (exact) mass is 1550 g/mol. The van der Waals surface area contributed by atoms with Crippen LogP contribution in [-0.2, 0) is 65.4 Å². The van der Waals surface area contributed by atoms with Gasteiger partial charge in [-0.25, -0.2) is 9.13 Å². The molecule has 0 spiro atoms. The molecule has 2 unspecified atom stereocenters. The van der Waals surface area contributed by atoms with Crippen LogP contribution in [0.15, 0.2) is 0 Å². The van der Waals surface area contributed by atoms with Gasteiger partial charge in [-0.15, -0.1) is 0 Å². The second-order valence-electron chi connectivity index (χ2n) is 32.2. The molecule has 0 aromatic heterocycles. The summed E-state index contributed by atoms with van der Waals surface area (Å²) in [5.74, 6) is -0.594. The van der Waals surface area contributed by atoms with Crippen LogP contribution in [0, 0.1) is 11.8 Å². The highest BCUT2D eigenvalue weighted by atomic mass is 31.2. The van der Waals surface area contributed by atoms with Gasteiger partial charge in [0.1, 0.15) is 19.3 Å². The molecule has 0 aliphatic carbocycles. The van der Waals surface area contributed by atoms with Crippen LogP contribution in [0.3, 0.4) is 0 Å². The largest absolute Gasteiger partial charge is 0.472 e. The van der Waals surface area contributed by atoms with Gasteiger partial charge in [0.2, 0.25) is 0 Å². The van der Waals surface area contributed by atoms with Crippen LogP contribution in [0.1, 0.15) is 465 Å². The summed E-state index contributed by atoms with van der Waals surface area (Å²) in [4.78, 5) is 73.2. The second-order valence-corrected chi connectivity index (χ2v) is 35.1. The third-order valence-corrected chi connectivity index (χ3v) is 22.4. The maximum absolute atomic E-state index is 13.2.